The Balaban J connectivity index is 2.35. The van der Waals surface area contributed by atoms with Crippen molar-refractivity contribution in [2.75, 3.05) is 6.54 Å². The van der Waals surface area contributed by atoms with E-state index in [2.05, 4.69) is 35.6 Å². The van der Waals surface area contributed by atoms with Crippen LogP contribution in [0.1, 0.15) is 18.9 Å². The van der Waals surface area contributed by atoms with E-state index in [-0.39, 0.29) is 0 Å². The third-order valence-corrected chi connectivity index (χ3v) is 2.71. The highest BCUT2D eigenvalue weighted by Gasteiger charge is 2.03. The summed E-state index contributed by atoms with van der Waals surface area (Å²) in [5.41, 5.74) is 1.40. The molecular weight excluding hydrogens is 178 g/mol. The van der Waals surface area contributed by atoms with Crippen LogP contribution in [0.5, 0.6) is 0 Å². The molecule has 1 aromatic heterocycles. The van der Waals surface area contributed by atoms with E-state index in [9.17, 15) is 0 Å². The molecule has 0 aliphatic carbocycles. The fourth-order valence-corrected chi connectivity index (χ4v) is 1.91. The van der Waals surface area contributed by atoms with Crippen LogP contribution in [-0.4, -0.2) is 12.6 Å². The van der Waals surface area contributed by atoms with Crippen LogP contribution >= 0.6 is 11.3 Å². The van der Waals surface area contributed by atoms with E-state index in [4.69, 9.17) is 0 Å². The van der Waals surface area contributed by atoms with Crippen molar-refractivity contribution in [1.82, 2.24) is 5.32 Å². The van der Waals surface area contributed by atoms with Crippen LogP contribution in [0, 0.1) is 0 Å². The molecule has 2 heteroatoms. The van der Waals surface area contributed by atoms with Crippen molar-refractivity contribution >= 4 is 11.3 Å². The molecule has 1 aromatic rings. The Hall–Kier alpha value is -0.600. The largest absolute Gasteiger partial charge is 0.310 e. The summed E-state index contributed by atoms with van der Waals surface area (Å²) < 4.78 is 0. The molecule has 1 rings (SSSR count). The third-order valence-electron chi connectivity index (χ3n) is 1.98. The molecule has 0 aromatic carbocycles. The average Bonchev–Trinajstić information content (AvgIpc) is 2.64. The van der Waals surface area contributed by atoms with E-state index in [0.717, 1.165) is 13.0 Å². The normalized spacial score (nSPS) is 12.7. The molecule has 0 spiro atoms. The molecule has 1 unspecified atom stereocenters. The van der Waals surface area contributed by atoms with E-state index >= 15 is 0 Å². The van der Waals surface area contributed by atoms with E-state index in [0.29, 0.717) is 6.04 Å². The van der Waals surface area contributed by atoms with Crippen molar-refractivity contribution in [2.45, 2.75) is 25.8 Å². The predicted molar refractivity (Wildman–Crippen MR) is 60.3 cm³/mol. The summed E-state index contributed by atoms with van der Waals surface area (Å²) in [6.07, 6.45) is 4.23. The number of hydrogen-bond acceptors (Lipinski definition) is 2. The summed E-state index contributed by atoms with van der Waals surface area (Å²) in [7, 11) is 0. The quantitative estimate of drug-likeness (QED) is 0.688. The number of hydrogen-bond donors (Lipinski definition) is 1. The molecule has 0 bridgehead atoms. The summed E-state index contributed by atoms with van der Waals surface area (Å²) in [6, 6.07) is 2.60. The third kappa shape index (κ3) is 3.75. The molecular formula is C11H17NS. The van der Waals surface area contributed by atoms with Crippen molar-refractivity contribution in [1.29, 1.82) is 0 Å². The van der Waals surface area contributed by atoms with Crippen LogP contribution in [-0.2, 0) is 6.42 Å². The fraction of sp³-hybridized carbons (Fsp3) is 0.455. The molecule has 0 radical (unpaired) electrons. The lowest BCUT2D eigenvalue weighted by Gasteiger charge is -2.12. The van der Waals surface area contributed by atoms with Crippen LogP contribution in [0.15, 0.2) is 29.5 Å². The highest BCUT2D eigenvalue weighted by Crippen LogP contribution is 2.08. The molecule has 0 saturated carbocycles. The van der Waals surface area contributed by atoms with Gasteiger partial charge in [0.2, 0.25) is 0 Å². The van der Waals surface area contributed by atoms with Gasteiger partial charge in [0, 0.05) is 6.04 Å². The first kappa shape index (κ1) is 10.5. The molecule has 72 valence electrons. The standard InChI is InChI=1S/C11H17NS/c1-3-6-12-11(4-2)8-10-5-7-13-9-10/h4-5,7,9,11-12H,2-3,6,8H2,1H3. The zero-order valence-corrected chi connectivity index (χ0v) is 8.94. The number of nitrogens with one attached hydrogen (secondary N) is 1. The van der Waals surface area contributed by atoms with Gasteiger partial charge in [-0.05, 0) is 41.8 Å². The van der Waals surface area contributed by atoms with Gasteiger partial charge in [-0.2, -0.15) is 11.3 Å². The minimum absolute atomic E-state index is 0.426. The lowest BCUT2D eigenvalue weighted by atomic mass is 10.1. The second-order valence-corrected chi connectivity index (χ2v) is 3.91. The number of thiophene rings is 1. The Morgan fingerprint density at radius 3 is 3.08 bits per heavy atom. The van der Waals surface area contributed by atoms with Gasteiger partial charge in [-0.3, -0.25) is 0 Å². The maximum absolute atomic E-state index is 3.84. The minimum Gasteiger partial charge on any atom is -0.310 e. The van der Waals surface area contributed by atoms with Crippen molar-refractivity contribution < 1.29 is 0 Å². The first-order valence-corrected chi connectivity index (χ1v) is 5.68. The second kappa shape index (κ2) is 5.95. The Bertz CT molecular complexity index is 228. The molecule has 1 nitrogen and oxygen atoms in total. The molecule has 13 heavy (non-hydrogen) atoms. The SMILES string of the molecule is C=CC(Cc1ccsc1)NCCC. The molecule has 0 aliphatic heterocycles. The summed E-state index contributed by atoms with van der Waals surface area (Å²) in [5, 5.41) is 7.76. The van der Waals surface area contributed by atoms with Gasteiger partial charge in [-0.1, -0.05) is 13.0 Å². The summed E-state index contributed by atoms with van der Waals surface area (Å²) in [6.45, 7) is 7.08. The maximum atomic E-state index is 3.84. The molecule has 1 atom stereocenters. The van der Waals surface area contributed by atoms with Gasteiger partial charge >= 0.3 is 0 Å². The Kier molecular flexibility index (Phi) is 4.79. The molecule has 0 amide bonds. The van der Waals surface area contributed by atoms with Crippen molar-refractivity contribution in [3.63, 3.8) is 0 Å². The Labute approximate surface area is 84.5 Å². The van der Waals surface area contributed by atoms with Crippen molar-refractivity contribution in [3.8, 4) is 0 Å². The molecule has 0 fully saturated rings. The predicted octanol–water partition coefficient (Wildman–Crippen LogP) is 2.84. The molecule has 0 saturated heterocycles. The zero-order valence-electron chi connectivity index (χ0n) is 8.12. The van der Waals surface area contributed by atoms with Crippen LogP contribution < -0.4 is 5.32 Å². The fourth-order valence-electron chi connectivity index (χ4n) is 1.23. The van der Waals surface area contributed by atoms with E-state index in [1.165, 1.54) is 12.0 Å². The first-order chi connectivity index (χ1) is 6.36. The topological polar surface area (TPSA) is 12.0 Å². The van der Waals surface area contributed by atoms with Gasteiger partial charge < -0.3 is 5.32 Å². The highest BCUT2D eigenvalue weighted by molar-refractivity contribution is 7.07. The average molecular weight is 195 g/mol. The zero-order chi connectivity index (χ0) is 9.52. The van der Waals surface area contributed by atoms with E-state index < -0.39 is 0 Å². The van der Waals surface area contributed by atoms with Crippen LogP contribution in [0.3, 0.4) is 0 Å². The molecule has 1 N–H and O–H groups in total. The maximum Gasteiger partial charge on any atom is 0.0288 e. The van der Waals surface area contributed by atoms with Gasteiger partial charge in [0.15, 0.2) is 0 Å². The summed E-state index contributed by atoms with van der Waals surface area (Å²) in [4.78, 5) is 0. The summed E-state index contributed by atoms with van der Waals surface area (Å²) in [5.74, 6) is 0. The lowest BCUT2D eigenvalue weighted by molar-refractivity contribution is 0.586. The molecule has 1 heterocycles. The van der Waals surface area contributed by atoms with Gasteiger partial charge in [0.1, 0.15) is 0 Å². The smallest absolute Gasteiger partial charge is 0.0288 e. The van der Waals surface area contributed by atoms with Crippen molar-refractivity contribution in [2.24, 2.45) is 0 Å². The minimum atomic E-state index is 0.426. The van der Waals surface area contributed by atoms with Gasteiger partial charge in [0.25, 0.3) is 0 Å². The Morgan fingerprint density at radius 2 is 2.54 bits per heavy atom. The Morgan fingerprint density at radius 1 is 1.69 bits per heavy atom. The van der Waals surface area contributed by atoms with Crippen LogP contribution in [0.4, 0.5) is 0 Å². The van der Waals surface area contributed by atoms with Gasteiger partial charge in [0.05, 0.1) is 0 Å². The number of rotatable bonds is 6. The summed E-state index contributed by atoms with van der Waals surface area (Å²) >= 11 is 1.75. The second-order valence-electron chi connectivity index (χ2n) is 3.13. The van der Waals surface area contributed by atoms with E-state index in [1.54, 1.807) is 11.3 Å². The van der Waals surface area contributed by atoms with Crippen molar-refractivity contribution in [3.05, 3.63) is 35.0 Å². The monoisotopic (exact) mass is 195 g/mol. The highest BCUT2D eigenvalue weighted by atomic mass is 32.1. The lowest BCUT2D eigenvalue weighted by Crippen LogP contribution is -2.29. The van der Waals surface area contributed by atoms with Gasteiger partial charge in [-0.15, -0.1) is 6.58 Å². The van der Waals surface area contributed by atoms with Crippen LogP contribution in [0.2, 0.25) is 0 Å². The molecule has 0 aliphatic rings. The first-order valence-electron chi connectivity index (χ1n) is 4.73. The van der Waals surface area contributed by atoms with Gasteiger partial charge in [-0.25, -0.2) is 0 Å². The van der Waals surface area contributed by atoms with E-state index in [1.807, 2.05) is 6.08 Å². The van der Waals surface area contributed by atoms with Crippen LogP contribution in [0.25, 0.3) is 0 Å².